The average molecular weight is 590 g/mol. The first-order chi connectivity index (χ1) is 17.8. The van der Waals surface area contributed by atoms with E-state index in [1.54, 1.807) is 48.5 Å². The number of aliphatic hydroxyl groups excluding tert-OH is 1. The van der Waals surface area contributed by atoms with Crippen LogP contribution in [0.5, 0.6) is 0 Å². The number of carbonyl (C=O) groups is 2. The molecule has 1 N–H and O–H groups in total. The number of rotatable bonds is 6. The lowest BCUT2D eigenvalue weighted by Gasteiger charge is -2.22. The molecule has 2 aromatic heterocycles. The Labute approximate surface area is 234 Å². The van der Waals surface area contributed by atoms with Crippen LogP contribution in [-0.4, -0.2) is 32.0 Å². The van der Waals surface area contributed by atoms with Crippen LogP contribution in [0.15, 0.2) is 76.9 Å². The SMILES string of the molecule is O=C1C(=O)N(c2nnc(SCc3ccc(Cl)cc3Cl)s2)C(c2ccc(Cl)cc2)C1=C(O)c1ccncc1. The maximum Gasteiger partial charge on any atom is 0.301 e. The number of hydrogen-bond donors (Lipinski definition) is 1. The minimum absolute atomic E-state index is 0.0594. The van der Waals surface area contributed by atoms with Gasteiger partial charge in [-0.25, -0.2) is 0 Å². The highest BCUT2D eigenvalue weighted by molar-refractivity contribution is 8.00. The van der Waals surface area contributed by atoms with E-state index < -0.39 is 17.7 Å². The molecule has 1 aliphatic rings. The lowest BCUT2D eigenvalue weighted by atomic mass is 9.96. The van der Waals surface area contributed by atoms with Crippen LogP contribution in [0.3, 0.4) is 0 Å². The number of carbonyl (C=O) groups excluding carboxylic acids is 2. The van der Waals surface area contributed by atoms with Gasteiger partial charge in [-0.2, -0.15) is 0 Å². The van der Waals surface area contributed by atoms with Crippen molar-refractivity contribution in [1.82, 2.24) is 15.2 Å². The highest BCUT2D eigenvalue weighted by Gasteiger charge is 2.48. The number of ketones is 1. The van der Waals surface area contributed by atoms with Gasteiger partial charge in [0.2, 0.25) is 5.13 Å². The Hall–Kier alpha value is -2.95. The summed E-state index contributed by atoms with van der Waals surface area (Å²) in [4.78, 5) is 31.7. The number of nitrogens with zero attached hydrogens (tertiary/aromatic N) is 4. The third-order valence-corrected chi connectivity index (χ3v) is 8.50. The second-order valence-electron chi connectivity index (χ2n) is 7.83. The quantitative estimate of drug-likeness (QED) is 0.0867. The number of aromatic nitrogens is 3. The Kier molecular flexibility index (Phi) is 7.50. The number of amides is 1. The summed E-state index contributed by atoms with van der Waals surface area (Å²) in [6.45, 7) is 0. The van der Waals surface area contributed by atoms with E-state index in [4.69, 9.17) is 34.8 Å². The van der Waals surface area contributed by atoms with Gasteiger partial charge in [-0.1, -0.05) is 76.1 Å². The monoisotopic (exact) mass is 588 g/mol. The third kappa shape index (κ3) is 5.23. The smallest absolute Gasteiger partial charge is 0.301 e. The van der Waals surface area contributed by atoms with Crippen molar-refractivity contribution in [3.8, 4) is 0 Å². The zero-order chi connectivity index (χ0) is 26.1. The summed E-state index contributed by atoms with van der Waals surface area (Å²) in [5.74, 6) is -1.44. The Morgan fingerprint density at radius 3 is 2.38 bits per heavy atom. The molecule has 186 valence electrons. The van der Waals surface area contributed by atoms with Crippen molar-refractivity contribution < 1.29 is 14.7 Å². The second kappa shape index (κ2) is 10.8. The van der Waals surface area contributed by atoms with Gasteiger partial charge in [0.15, 0.2) is 4.34 Å². The van der Waals surface area contributed by atoms with E-state index in [9.17, 15) is 14.7 Å². The molecular weight excluding hydrogens is 575 g/mol. The number of pyridine rings is 1. The first-order valence-corrected chi connectivity index (χ1v) is 13.6. The van der Waals surface area contributed by atoms with Crippen molar-refractivity contribution >= 4 is 80.5 Å². The molecule has 3 heterocycles. The van der Waals surface area contributed by atoms with Crippen molar-refractivity contribution in [3.63, 3.8) is 0 Å². The van der Waals surface area contributed by atoms with Gasteiger partial charge in [0, 0.05) is 38.8 Å². The van der Waals surface area contributed by atoms with Gasteiger partial charge in [-0.15, -0.1) is 10.2 Å². The molecule has 12 heteroatoms. The number of thioether (sulfide) groups is 1. The lowest BCUT2D eigenvalue weighted by Crippen LogP contribution is -2.29. The molecule has 5 rings (SSSR count). The summed E-state index contributed by atoms with van der Waals surface area (Å²) in [5, 5.41) is 21.3. The van der Waals surface area contributed by atoms with Crippen LogP contribution in [0.25, 0.3) is 5.76 Å². The number of benzene rings is 2. The summed E-state index contributed by atoms with van der Waals surface area (Å²) in [6.07, 6.45) is 2.98. The molecule has 1 saturated heterocycles. The highest BCUT2D eigenvalue weighted by Crippen LogP contribution is 2.44. The third-order valence-electron chi connectivity index (χ3n) is 5.55. The summed E-state index contributed by atoms with van der Waals surface area (Å²) >= 11 is 20.9. The number of anilines is 1. The van der Waals surface area contributed by atoms with Crippen LogP contribution in [0.4, 0.5) is 5.13 Å². The molecular formula is C25H15Cl3N4O3S2. The largest absolute Gasteiger partial charge is 0.507 e. The van der Waals surface area contributed by atoms with E-state index in [0.29, 0.717) is 36.3 Å². The summed E-state index contributed by atoms with van der Waals surface area (Å²) in [7, 11) is 0. The van der Waals surface area contributed by atoms with Gasteiger partial charge < -0.3 is 5.11 Å². The molecule has 4 aromatic rings. The molecule has 1 amide bonds. The van der Waals surface area contributed by atoms with Crippen LogP contribution >= 0.6 is 57.9 Å². The Bertz CT molecular complexity index is 1530. The van der Waals surface area contributed by atoms with Crippen LogP contribution in [0, 0.1) is 0 Å². The fourth-order valence-corrected chi connectivity index (χ4v) is 6.34. The lowest BCUT2D eigenvalue weighted by molar-refractivity contribution is -0.132. The van der Waals surface area contributed by atoms with Gasteiger partial charge >= 0.3 is 5.91 Å². The van der Waals surface area contributed by atoms with Gasteiger partial charge in [0.25, 0.3) is 5.78 Å². The fourth-order valence-electron chi connectivity index (χ4n) is 3.79. The van der Waals surface area contributed by atoms with Crippen LogP contribution in [-0.2, 0) is 15.3 Å². The molecule has 2 aromatic carbocycles. The van der Waals surface area contributed by atoms with Crippen LogP contribution in [0.2, 0.25) is 15.1 Å². The fraction of sp³-hybridized carbons (Fsp3) is 0.0800. The van der Waals surface area contributed by atoms with E-state index in [1.807, 2.05) is 6.07 Å². The van der Waals surface area contributed by atoms with E-state index in [2.05, 4.69) is 15.2 Å². The van der Waals surface area contributed by atoms with Crippen molar-refractivity contribution in [1.29, 1.82) is 0 Å². The van der Waals surface area contributed by atoms with E-state index >= 15 is 0 Å². The van der Waals surface area contributed by atoms with Gasteiger partial charge in [-0.05, 0) is 47.5 Å². The second-order valence-corrected chi connectivity index (χ2v) is 11.3. The predicted octanol–water partition coefficient (Wildman–Crippen LogP) is 6.81. The molecule has 1 fully saturated rings. The molecule has 1 aliphatic heterocycles. The molecule has 37 heavy (non-hydrogen) atoms. The average Bonchev–Trinajstić information content (AvgIpc) is 3.46. The first-order valence-electron chi connectivity index (χ1n) is 10.7. The standard InChI is InChI=1S/C25H15Cl3N4O3S2/c26-16-4-1-13(2-5-16)20-19(21(33)14-7-9-29-10-8-14)22(34)23(35)32(20)24-30-31-25(37-24)36-12-15-3-6-17(27)11-18(15)28/h1-11,20,33H,12H2. The van der Waals surface area contributed by atoms with Crippen LogP contribution in [0.1, 0.15) is 22.7 Å². The number of aliphatic hydroxyl groups is 1. The predicted molar refractivity (Wildman–Crippen MR) is 146 cm³/mol. The van der Waals surface area contributed by atoms with Crippen molar-refractivity contribution in [2.75, 3.05) is 4.90 Å². The Morgan fingerprint density at radius 2 is 1.68 bits per heavy atom. The van der Waals surface area contributed by atoms with Crippen LogP contribution < -0.4 is 4.90 Å². The zero-order valence-corrected chi connectivity index (χ0v) is 22.5. The van der Waals surface area contributed by atoms with Crippen molar-refractivity contribution in [2.24, 2.45) is 0 Å². The van der Waals surface area contributed by atoms with E-state index in [-0.39, 0.29) is 16.5 Å². The summed E-state index contributed by atoms with van der Waals surface area (Å²) in [5.41, 5.74) is 1.75. The molecule has 0 spiro atoms. The molecule has 1 atom stereocenters. The minimum Gasteiger partial charge on any atom is -0.507 e. The highest BCUT2D eigenvalue weighted by atomic mass is 35.5. The zero-order valence-electron chi connectivity index (χ0n) is 18.6. The maximum absolute atomic E-state index is 13.3. The molecule has 0 aliphatic carbocycles. The minimum atomic E-state index is -0.929. The number of hydrogen-bond acceptors (Lipinski definition) is 8. The van der Waals surface area contributed by atoms with E-state index in [0.717, 1.165) is 16.9 Å². The first kappa shape index (κ1) is 25.7. The molecule has 7 nitrogen and oxygen atoms in total. The maximum atomic E-state index is 13.3. The molecule has 0 bridgehead atoms. The van der Waals surface area contributed by atoms with Gasteiger partial charge in [-0.3, -0.25) is 19.5 Å². The van der Waals surface area contributed by atoms with Gasteiger partial charge in [0.1, 0.15) is 5.76 Å². The molecule has 1 unspecified atom stereocenters. The Balaban J connectivity index is 1.52. The summed E-state index contributed by atoms with van der Waals surface area (Å²) < 4.78 is 0.576. The number of Topliss-reactive ketones (excluding diaryl/α,β-unsaturated/α-hetero) is 1. The molecule has 0 radical (unpaired) electrons. The summed E-state index contributed by atoms with van der Waals surface area (Å²) in [6, 6.07) is 14.1. The van der Waals surface area contributed by atoms with Crippen molar-refractivity contribution in [2.45, 2.75) is 16.1 Å². The Morgan fingerprint density at radius 1 is 0.973 bits per heavy atom. The molecule has 0 saturated carbocycles. The van der Waals surface area contributed by atoms with Crippen molar-refractivity contribution in [3.05, 3.63) is 104 Å². The number of halogens is 3. The van der Waals surface area contributed by atoms with Gasteiger partial charge in [0.05, 0.1) is 11.6 Å². The van der Waals surface area contributed by atoms with E-state index in [1.165, 1.54) is 29.1 Å². The normalized spacial score (nSPS) is 16.9. The topological polar surface area (TPSA) is 96.3 Å².